The second kappa shape index (κ2) is 5.51. The Kier molecular flexibility index (Phi) is 4.57. The molecule has 0 radical (unpaired) electrons. The van der Waals surface area contributed by atoms with Crippen LogP contribution in [-0.2, 0) is 9.53 Å². The van der Waals surface area contributed by atoms with Crippen LogP contribution in [0.2, 0.25) is 18.1 Å². The Balaban J connectivity index is 5.35. The van der Waals surface area contributed by atoms with Gasteiger partial charge in [-0.3, -0.25) is 0 Å². The van der Waals surface area contributed by atoms with Crippen LogP contribution in [0.25, 0.3) is 0 Å². The van der Waals surface area contributed by atoms with Gasteiger partial charge in [-0.1, -0.05) is 39.5 Å². The predicted octanol–water partition coefficient (Wildman–Crippen LogP) is 3.70. The highest BCUT2D eigenvalue weighted by Crippen LogP contribution is 2.36. The van der Waals surface area contributed by atoms with E-state index in [0.29, 0.717) is 17.9 Å². The van der Waals surface area contributed by atoms with E-state index >= 15 is 0 Å². The highest BCUT2D eigenvalue weighted by molar-refractivity contribution is 6.84. The molecule has 0 fully saturated rings. The van der Waals surface area contributed by atoms with Gasteiger partial charge in [-0.25, -0.2) is 4.79 Å². The van der Waals surface area contributed by atoms with Gasteiger partial charge in [-0.15, -0.1) is 5.73 Å². The standard InChI is InChI=1S/C13H24O2Si/c1-8-15-12(14)11(2)9-10-16(6,7)13(3,4)5/h10H,8H2,1-7H3/i10D. The Morgan fingerprint density at radius 2 is 2.00 bits per heavy atom. The molecule has 0 aliphatic carbocycles. The molecular weight excluding hydrogens is 216 g/mol. The van der Waals surface area contributed by atoms with Crippen molar-refractivity contribution < 1.29 is 10.9 Å². The summed E-state index contributed by atoms with van der Waals surface area (Å²) in [4.78, 5) is 11.5. The molecule has 92 valence electrons. The lowest BCUT2D eigenvalue weighted by Crippen LogP contribution is -2.34. The van der Waals surface area contributed by atoms with Crippen molar-refractivity contribution in [3.63, 3.8) is 0 Å². The van der Waals surface area contributed by atoms with Gasteiger partial charge in [0.2, 0.25) is 0 Å². The number of ether oxygens (including phenoxy) is 1. The Morgan fingerprint density at radius 3 is 2.38 bits per heavy atom. The van der Waals surface area contributed by atoms with Crippen LogP contribution in [0.1, 0.15) is 36.0 Å². The molecule has 0 rings (SSSR count). The van der Waals surface area contributed by atoms with Gasteiger partial charge in [0, 0.05) is 0 Å². The smallest absolute Gasteiger partial charge is 0.341 e. The summed E-state index contributed by atoms with van der Waals surface area (Å²) in [7, 11) is -1.90. The SMILES string of the molecule is [2H]C(=C=C(C)C(=O)OCC)[Si](C)(C)C(C)(C)C. The number of rotatable bonds is 3. The fourth-order valence-corrected chi connectivity index (χ4v) is 1.60. The summed E-state index contributed by atoms with van der Waals surface area (Å²) in [6, 6.07) is 0. The average molecular weight is 241 g/mol. The van der Waals surface area contributed by atoms with Crippen LogP contribution in [0.15, 0.2) is 17.0 Å². The molecule has 3 heteroatoms. The molecule has 0 N–H and O–H groups in total. The van der Waals surface area contributed by atoms with Crippen molar-refractivity contribution in [3.05, 3.63) is 17.0 Å². The maximum absolute atomic E-state index is 11.5. The maximum Gasteiger partial charge on any atom is 0.341 e. The first kappa shape index (κ1) is 13.3. The topological polar surface area (TPSA) is 26.3 Å². The monoisotopic (exact) mass is 241 g/mol. The summed E-state index contributed by atoms with van der Waals surface area (Å²) >= 11 is 0. The molecule has 0 aromatic heterocycles. The molecule has 0 saturated carbocycles. The lowest BCUT2D eigenvalue weighted by Gasteiger charge is -2.33. The van der Waals surface area contributed by atoms with E-state index in [0.717, 1.165) is 0 Å². The average Bonchev–Trinajstić information content (AvgIpc) is 2.15. The van der Waals surface area contributed by atoms with Gasteiger partial charge in [-0.05, 0) is 18.9 Å². The minimum absolute atomic E-state index is 0.0754. The minimum atomic E-state index is -1.90. The van der Waals surface area contributed by atoms with E-state index in [1.165, 1.54) is 0 Å². The van der Waals surface area contributed by atoms with Crippen LogP contribution in [-0.4, -0.2) is 20.7 Å². The van der Waals surface area contributed by atoms with E-state index in [1.54, 1.807) is 13.8 Å². The molecule has 0 atom stereocenters. The van der Waals surface area contributed by atoms with E-state index < -0.39 is 8.07 Å². The lowest BCUT2D eigenvalue weighted by molar-refractivity contribution is -0.138. The zero-order chi connectivity index (χ0) is 13.9. The largest absolute Gasteiger partial charge is 0.462 e. The molecule has 0 aromatic rings. The molecule has 2 nitrogen and oxygen atoms in total. The molecule has 0 bridgehead atoms. The number of carbonyl (C=O) groups is 1. The third-order valence-corrected chi connectivity index (χ3v) is 7.52. The molecule has 0 aliphatic heterocycles. The van der Waals surface area contributed by atoms with Gasteiger partial charge in [0.25, 0.3) is 0 Å². The number of hydrogen-bond acceptors (Lipinski definition) is 2. The summed E-state index contributed by atoms with van der Waals surface area (Å²) < 4.78 is 13.0. The van der Waals surface area contributed by atoms with Crippen LogP contribution in [0.3, 0.4) is 0 Å². The molecule has 0 heterocycles. The van der Waals surface area contributed by atoms with Gasteiger partial charge >= 0.3 is 5.97 Å². The first-order chi connectivity index (χ1) is 7.54. The zero-order valence-electron chi connectivity index (χ0n) is 12.5. The number of hydrogen-bond donors (Lipinski definition) is 0. The van der Waals surface area contributed by atoms with Crippen LogP contribution < -0.4 is 0 Å². The van der Waals surface area contributed by atoms with Crippen molar-refractivity contribution >= 4 is 14.0 Å². The molecule has 0 unspecified atom stereocenters. The molecule has 0 saturated heterocycles. The highest BCUT2D eigenvalue weighted by Gasteiger charge is 2.32. The fourth-order valence-electron chi connectivity index (χ4n) is 0.728. The molecule has 16 heavy (non-hydrogen) atoms. The predicted molar refractivity (Wildman–Crippen MR) is 71.1 cm³/mol. The van der Waals surface area contributed by atoms with E-state index in [2.05, 4.69) is 39.6 Å². The maximum atomic E-state index is 11.5. The van der Waals surface area contributed by atoms with E-state index in [9.17, 15) is 4.79 Å². The van der Waals surface area contributed by atoms with Gasteiger partial charge in [0.05, 0.1) is 21.6 Å². The van der Waals surface area contributed by atoms with Gasteiger partial charge in [-0.2, -0.15) is 0 Å². The second-order valence-electron chi connectivity index (χ2n) is 5.47. The van der Waals surface area contributed by atoms with Crippen LogP contribution >= 0.6 is 0 Å². The first-order valence-electron chi connectivity index (χ1n) is 6.15. The van der Waals surface area contributed by atoms with Crippen molar-refractivity contribution in [1.29, 1.82) is 0 Å². The summed E-state index contributed by atoms with van der Waals surface area (Å²) in [5.41, 5.74) is 3.76. The zero-order valence-corrected chi connectivity index (χ0v) is 12.5. The van der Waals surface area contributed by atoms with Crippen LogP contribution in [0, 0.1) is 0 Å². The highest BCUT2D eigenvalue weighted by atomic mass is 28.3. The van der Waals surface area contributed by atoms with Gasteiger partial charge in [0.1, 0.15) is 0 Å². The van der Waals surface area contributed by atoms with Gasteiger partial charge in [0.15, 0.2) is 0 Å². The molecule has 0 aliphatic rings. The Hall–Kier alpha value is -0.793. The minimum Gasteiger partial charge on any atom is -0.462 e. The quantitative estimate of drug-likeness (QED) is 0.326. The summed E-state index contributed by atoms with van der Waals surface area (Å²) in [5.74, 6) is -0.379. The van der Waals surface area contributed by atoms with E-state index in [-0.39, 0.29) is 11.0 Å². The van der Waals surface area contributed by atoms with Crippen molar-refractivity contribution in [3.8, 4) is 0 Å². The summed E-state index contributed by atoms with van der Waals surface area (Å²) in [6.07, 6.45) is 0. The van der Waals surface area contributed by atoms with E-state index in [1.807, 2.05) is 0 Å². The number of carbonyl (C=O) groups excluding carboxylic acids is 1. The normalized spacial score (nSPS) is 12.6. The summed E-state index contributed by atoms with van der Waals surface area (Å²) in [5, 5.41) is 0.0754. The molecule has 0 aromatic carbocycles. The molecule has 0 amide bonds. The van der Waals surface area contributed by atoms with Crippen molar-refractivity contribution in [2.45, 2.75) is 52.8 Å². The third-order valence-electron chi connectivity index (χ3n) is 3.02. The van der Waals surface area contributed by atoms with Crippen LogP contribution in [0.5, 0.6) is 0 Å². The summed E-state index contributed by atoms with van der Waals surface area (Å²) in [6.45, 7) is 14.4. The lowest BCUT2D eigenvalue weighted by atomic mass is 10.2. The van der Waals surface area contributed by atoms with Crippen molar-refractivity contribution in [2.24, 2.45) is 0 Å². The van der Waals surface area contributed by atoms with Crippen molar-refractivity contribution in [2.75, 3.05) is 6.61 Å². The fraction of sp³-hybridized carbons (Fsp3) is 0.692. The Morgan fingerprint density at radius 1 is 1.50 bits per heavy atom. The Labute approximate surface area is 102 Å². The van der Waals surface area contributed by atoms with E-state index in [4.69, 9.17) is 6.11 Å². The van der Waals surface area contributed by atoms with Crippen molar-refractivity contribution in [1.82, 2.24) is 0 Å². The number of esters is 1. The first-order valence-corrected chi connectivity index (χ1v) is 8.65. The molecular formula is C13H24O2Si. The van der Waals surface area contributed by atoms with Crippen LogP contribution in [0.4, 0.5) is 0 Å². The second-order valence-corrected chi connectivity index (χ2v) is 10.5. The Bertz CT molecular complexity index is 358. The van der Waals surface area contributed by atoms with Gasteiger partial charge < -0.3 is 4.74 Å². The molecule has 0 spiro atoms. The third kappa shape index (κ3) is 4.38.